The molecule has 0 heterocycles. The summed E-state index contributed by atoms with van der Waals surface area (Å²) in [6.07, 6.45) is 0.739. The van der Waals surface area contributed by atoms with Crippen molar-refractivity contribution in [3.8, 4) is 12.1 Å². The molecular formula is C7H11N3. The highest BCUT2D eigenvalue weighted by Crippen LogP contribution is 1.89. The number of nitrogens with one attached hydrogen (secondary N) is 1. The molecular weight excluding hydrogens is 126 g/mol. The quantitative estimate of drug-likeness (QED) is 0.625. The maximum atomic E-state index is 8.45. The molecule has 0 saturated heterocycles. The van der Waals surface area contributed by atoms with E-state index in [2.05, 4.69) is 11.4 Å². The Kier molecular flexibility index (Phi) is 4.28. The van der Waals surface area contributed by atoms with Crippen molar-refractivity contribution in [3.05, 3.63) is 0 Å². The lowest BCUT2D eigenvalue weighted by molar-refractivity contribution is 0.556. The average molecular weight is 137 g/mol. The molecule has 0 aliphatic carbocycles. The van der Waals surface area contributed by atoms with Crippen molar-refractivity contribution in [2.45, 2.75) is 32.4 Å². The third-order valence-corrected chi connectivity index (χ3v) is 1.21. The van der Waals surface area contributed by atoms with Gasteiger partial charge in [-0.3, -0.25) is 5.32 Å². The normalized spacial score (nSPS) is 14.8. The Morgan fingerprint density at radius 1 is 1.40 bits per heavy atom. The predicted octanol–water partition coefficient (Wildman–Crippen LogP) is 0.790. The molecule has 0 fully saturated rings. The Morgan fingerprint density at radius 2 is 2.00 bits per heavy atom. The molecule has 3 nitrogen and oxygen atoms in total. The fourth-order valence-electron chi connectivity index (χ4n) is 0.585. The van der Waals surface area contributed by atoms with Gasteiger partial charge in [0.2, 0.25) is 0 Å². The van der Waals surface area contributed by atoms with E-state index >= 15 is 0 Å². The SMILES string of the molecule is CCC(C#N)NC(C)C#N. The van der Waals surface area contributed by atoms with E-state index in [0.717, 1.165) is 6.42 Å². The minimum absolute atomic E-state index is 0.186. The molecule has 0 aromatic heterocycles. The first-order valence-electron chi connectivity index (χ1n) is 3.29. The molecule has 2 unspecified atom stereocenters. The molecule has 54 valence electrons. The maximum absolute atomic E-state index is 8.45. The molecule has 1 N–H and O–H groups in total. The molecule has 0 bridgehead atoms. The van der Waals surface area contributed by atoms with E-state index in [1.807, 2.05) is 13.0 Å². The Hall–Kier alpha value is -1.06. The molecule has 0 rings (SSSR count). The number of nitriles is 2. The minimum atomic E-state index is -0.232. The van der Waals surface area contributed by atoms with Crippen molar-refractivity contribution in [1.29, 1.82) is 10.5 Å². The highest BCUT2D eigenvalue weighted by molar-refractivity contribution is 4.95. The van der Waals surface area contributed by atoms with E-state index < -0.39 is 0 Å². The van der Waals surface area contributed by atoms with Gasteiger partial charge in [-0.15, -0.1) is 0 Å². The van der Waals surface area contributed by atoms with Gasteiger partial charge in [0, 0.05) is 0 Å². The van der Waals surface area contributed by atoms with Crippen LogP contribution < -0.4 is 5.32 Å². The highest BCUT2D eigenvalue weighted by atomic mass is 14.9. The van der Waals surface area contributed by atoms with Crippen LogP contribution >= 0.6 is 0 Å². The largest absolute Gasteiger partial charge is 0.287 e. The summed E-state index contributed by atoms with van der Waals surface area (Å²) in [5.41, 5.74) is 0. The number of hydrogen-bond donors (Lipinski definition) is 1. The summed E-state index contributed by atoms with van der Waals surface area (Å²) in [7, 11) is 0. The maximum Gasteiger partial charge on any atom is 0.0960 e. The first-order valence-corrected chi connectivity index (χ1v) is 3.29. The van der Waals surface area contributed by atoms with Crippen molar-refractivity contribution >= 4 is 0 Å². The zero-order valence-corrected chi connectivity index (χ0v) is 6.26. The Labute approximate surface area is 61.3 Å². The number of nitrogens with zero attached hydrogens (tertiary/aromatic N) is 2. The number of hydrogen-bond acceptors (Lipinski definition) is 3. The van der Waals surface area contributed by atoms with Crippen LogP contribution in [0.15, 0.2) is 0 Å². The third-order valence-electron chi connectivity index (χ3n) is 1.21. The summed E-state index contributed by atoms with van der Waals surface area (Å²) >= 11 is 0. The van der Waals surface area contributed by atoms with Gasteiger partial charge >= 0.3 is 0 Å². The van der Waals surface area contributed by atoms with Crippen LogP contribution in [0.25, 0.3) is 0 Å². The molecule has 3 heteroatoms. The number of rotatable bonds is 3. The summed E-state index contributed by atoms with van der Waals surface area (Å²) in [6.45, 7) is 3.64. The van der Waals surface area contributed by atoms with Gasteiger partial charge in [0.05, 0.1) is 24.2 Å². The molecule has 10 heavy (non-hydrogen) atoms. The Balaban J connectivity index is 3.68. The van der Waals surface area contributed by atoms with Crippen LogP contribution in [0.5, 0.6) is 0 Å². The molecule has 0 radical (unpaired) electrons. The lowest BCUT2D eigenvalue weighted by atomic mass is 10.2. The topological polar surface area (TPSA) is 59.6 Å². The van der Waals surface area contributed by atoms with E-state index in [9.17, 15) is 0 Å². The summed E-state index contributed by atoms with van der Waals surface area (Å²) in [4.78, 5) is 0. The highest BCUT2D eigenvalue weighted by Gasteiger charge is 2.06. The lowest BCUT2D eigenvalue weighted by Gasteiger charge is -2.09. The summed E-state index contributed by atoms with van der Waals surface area (Å²) in [6, 6.07) is 3.64. The van der Waals surface area contributed by atoms with Gasteiger partial charge in [0.1, 0.15) is 0 Å². The Bertz CT molecular complexity index is 163. The first kappa shape index (κ1) is 8.94. The fraction of sp³-hybridized carbons (Fsp3) is 0.714. The van der Waals surface area contributed by atoms with E-state index in [4.69, 9.17) is 10.5 Å². The zero-order valence-electron chi connectivity index (χ0n) is 6.26. The molecule has 0 saturated carbocycles. The smallest absolute Gasteiger partial charge is 0.0960 e. The van der Waals surface area contributed by atoms with Gasteiger partial charge in [0.25, 0.3) is 0 Å². The van der Waals surface area contributed by atoms with Crippen molar-refractivity contribution in [2.24, 2.45) is 0 Å². The van der Waals surface area contributed by atoms with Gasteiger partial charge in [-0.1, -0.05) is 6.92 Å². The van der Waals surface area contributed by atoms with Gasteiger partial charge < -0.3 is 0 Å². The summed E-state index contributed by atoms with van der Waals surface area (Å²) < 4.78 is 0. The van der Waals surface area contributed by atoms with Crippen LogP contribution in [0.1, 0.15) is 20.3 Å². The van der Waals surface area contributed by atoms with Crippen LogP contribution in [0.4, 0.5) is 0 Å². The molecule has 2 atom stereocenters. The van der Waals surface area contributed by atoms with E-state index in [-0.39, 0.29) is 12.1 Å². The molecule has 0 aliphatic rings. The van der Waals surface area contributed by atoms with Crippen molar-refractivity contribution in [3.63, 3.8) is 0 Å². The van der Waals surface area contributed by atoms with E-state index in [0.29, 0.717) is 0 Å². The van der Waals surface area contributed by atoms with Gasteiger partial charge in [-0.2, -0.15) is 10.5 Å². The lowest BCUT2D eigenvalue weighted by Crippen LogP contribution is -2.33. The van der Waals surface area contributed by atoms with Crippen LogP contribution in [0, 0.1) is 22.7 Å². The molecule has 0 aliphatic heterocycles. The average Bonchev–Trinajstić information content (AvgIpc) is 1.99. The monoisotopic (exact) mass is 137 g/mol. The molecule has 0 amide bonds. The second-order valence-electron chi connectivity index (χ2n) is 2.11. The second-order valence-corrected chi connectivity index (χ2v) is 2.11. The molecule has 0 spiro atoms. The summed E-state index contributed by atoms with van der Waals surface area (Å²) in [5, 5.41) is 19.6. The van der Waals surface area contributed by atoms with Crippen molar-refractivity contribution < 1.29 is 0 Å². The second kappa shape index (κ2) is 4.78. The first-order chi connectivity index (χ1) is 4.74. The van der Waals surface area contributed by atoms with E-state index in [1.54, 1.807) is 6.92 Å². The van der Waals surface area contributed by atoms with Crippen LogP contribution in [0.2, 0.25) is 0 Å². The Morgan fingerprint density at radius 3 is 2.30 bits per heavy atom. The minimum Gasteiger partial charge on any atom is -0.287 e. The third kappa shape index (κ3) is 3.06. The summed E-state index contributed by atoms with van der Waals surface area (Å²) in [5.74, 6) is 0. The van der Waals surface area contributed by atoms with Crippen LogP contribution in [0.3, 0.4) is 0 Å². The van der Waals surface area contributed by atoms with Crippen molar-refractivity contribution in [2.75, 3.05) is 0 Å². The van der Waals surface area contributed by atoms with Crippen molar-refractivity contribution in [1.82, 2.24) is 5.32 Å². The van der Waals surface area contributed by atoms with Crippen LogP contribution in [-0.2, 0) is 0 Å². The fourth-order valence-corrected chi connectivity index (χ4v) is 0.585. The van der Waals surface area contributed by atoms with Crippen LogP contribution in [-0.4, -0.2) is 12.1 Å². The van der Waals surface area contributed by atoms with Gasteiger partial charge in [-0.05, 0) is 13.3 Å². The van der Waals surface area contributed by atoms with Gasteiger partial charge in [-0.25, -0.2) is 0 Å². The van der Waals surface area contributed by atoms with Gasteiger partial charge in [0.15, 0.2) is 0 Å². The predicted molar refractivity (Wildman–Crippen MR) is 37.9 cm³/mol. The standard InChI is InChI=1S/C7H11N3/c1-3-7(5-9)10-6(2)4-8/h6-7,10H,3H2,1-2H3. The zero-order chi connectivity index (χ0) is 7.98. The molecule has 0 aromatic rings. The molecule has 0 aromatic carbocycles. The van der Waals surface area contributed by atoms with E-state index in [1.165, 1.54) is 0 Å².